The van der Waals surface area contributed by atoms with Crippen molar-refractivity contribution in [1.29, 1.82) is 0 Å². The number of nitrogens with one attached hydrogen (secondary N) is 1. The van der Waals surface area contributed by atoms with Crippen LogP contribution in [0.4, 0.5) is 0 Å². The van der Waals surface area contributed by atoms with Gasteiger partial charge < -0.3 is 5.73 Å². The molecule has 4 heteroatoms. The number of hydrazine groups is 1. The average Bonchev–Trinajstić information content (AvgIpc) is 2.47. The van der Waals surface area contributed by atoms with Gasteiger partial charge in [0.15, 0.2) is 0 Å². The van der Waals surface area contributed by atoms with Crippen LogP contribution >= 0.6 is 0 Å². The molecule has 1 fully saturated rings. The first-order chi connectivity index (χ1) is 6.70. The Morgan fingerprint density at radius 2 is 2.00 bits per heavy atom. The predicted octanol–water partition coefficient (Wildman–Crippen LogP) is 0.0316. The van der Waals surface area contributed by atoms with Gasteiger partial charge in [0.25, 0.3) is 5.91 Å². The fourth-order valence-electron chi connectivity index (χ4n) is 1.66. The SMILES string of the molecule is CN1NC(c2ccccc2)C(N)C1=O. The summed E-state index contributed by atoms with van der Waals surface area (Å²) in [6.45, 7) is 0. The van der Waals surface area contributed by atoms with Crippen molar-refractivity contribution in [2.24, 2.45) is 5.73 Å². The number of carbonyl (C=O) groups excluding carboxylic acids is 1. The largest absolute Gasteiger partial charge is 0.318 e. The minimum absolute atomic E-state index is 0.0705. The summed E-state index contributed by atoms with van der Waals surface area (Å²) in [5.41, 5.74) is 9.86. The Morgan fingerprint density at radius 1 is 1.36 bits per heavy atom. The zero-order valence-electron chi connectivity index (χ0n) is 7.97. The Bertz CT molecular complexity index is 338. The van der Waals surface area contributed by atoms with Gasteiger partial charge in [0.05, 0.1) is 6.04 Å². The van der Waals surface area contributed by atoms with E-state index in [1.807, 2.05) is 30.3 Å². The van der Waals surface area contributed by atoms with Gasteiger partial charge in [-0.3, -0.25) is 9.80 Å². The molecule has 2 rings (SSSR count). The molecule has 3 N–H and O–H groups in total. The Labute approximate surface area is 82.7 Å². The molecule has 1 aromatic rings. The fraction of sp³-hybridized carbons (Fsp3) is 0.300. The summed E-state index contributed by atoms with van der Waals surface area (Å²) in [7, 11) is 1.69. The highest BCUT2D eigenvalue weighted by atomic mass is 16.2. The molecule has 4 nitrogen and oxygen atoms in total. The number of nitrogens with zero attached hydrogens (tertiary/aromatic N) is 1. The zero-order valence-corrected chi connectivity index (χ0v) is 7.97. The van der Waals surface area contributed by atoms with E-state index in [4.69, 9.17) is 5.73 Å². The first kappa shape index (κ1) is 9.18. The van der Waals surface area contributed by atoms with Gasteiger partial charge in [-0.25, -0.2) is 5.43 Å². The molecule has 1 heterocycles. The zero-order chi connectivity index (χ0) is 10.1. The molecule has 14 heavy (non-hydrogen) atoms. The monoisotopic (exact) mass is 191 g/mol. The van der Waals surface area contributed by atoms with E-state index in [0.29, 0.717) is 0 Å². The quantitative estimate of drug-likeness (QED) is 0.658. The van der Waals surface area contributed by atoms with Crippen molar-refractivity contribution in [1.82, 2.24) is 10.4 Å². The average molecular weight is 191 g/mol. The molecule has 0 saturated carbocycles. The molecule has 1 saturated heterocycles. The topological polar surface area (TPSA) is 58.4 Å². The van der Waals surface area contributed by atoms with Gasteiger partial charge >= 0.3 is 0 Å². The van der Waals surface area contributed by atoms with E-state index in [9.17, 15) is 4.79 Å². The molecule has 1 aromatic carbocycles. The van der Waals surface area contributed by atoms with Crippen molar-refractivity contribution in [3.8, 4) is 0 Å². The molecule has 74 valence electrons. The maximum absolute atomic E-state index is 11.4. The molecule has 1 amide bonds. The highest BCUT2D eigenvalue weighted by Gasteiger charge is 2.36. The van der Waals surface area contributed by atoms with E-state index in [1.54, 1.807) is 7.05 Å². The minimum atomic E-state index is -0.484. The van der Waals surface area contributed by atoms with E-state index in [-0.39, 0.29) is 11.9 Å². The summed E-state index contributed by atoms with van der Waals surface area (Å²) < 4.78 is 0. The normalized spacial score (nSPS) is 27.0. The molecule has 0 spiro atoms. The summed E-state index contributed by atoms with van der Waals surface area (Å²) in [5.74, 6) is -0.0705. The van der Waals surface area contributed by atoms with Crippen molar-refractivity contribution in [3.63, 3.8) is 0 Å². The number of likely N-dealkylation sites (N-methyl/N-ethyl adjacent to an activating group) is 1. The lowest BCUT2D eigenvalue weighted by atomic mass is 10.0. The summed E-state index contributed by atoms with van der Waals surface area (Å²) in [4.78, 5) is 11.4. The number of hydrogen-bond donors (Lipinski definition) is 2. The second-order valence-electron chi connectivity index (χ2n) is 3.44. The molecule has 0 radical (unpaired) electrons. The van der Waals surface area contributed by atoms with E-state index in [0.717, 1.165) is 5.56 Å². The van der Waals surface area contributed by atoms with E-state index < -0.39 is 6.04 Å². The molecule has 2 unspecified atom stereocenters. The van der Waals surface area contributed by atoms with Crippen LogP contribution in [0.15, 0.2) is 30.3 Å². The smallest absolute Gasteiger partial charge is 0.255 e. The maximum atomic E-state index is 11.4. The first-order valence-corrected chi connectivity index (χ1v) is 4.54. The van der Waals surface area contributed by atoms with Crippen molar-refractivity contribution in [3.05, 3.63) is 35.9 Å². The molecule has 0 bridgehead atoms. The van der Waals surface area contributed by atoms with Gasteiger partial charge in [-0.15, -0.1) is 0 Å². The van der Waals surface area contributed by atoms with Gasteiger partial charge in [0.2, 0.25) is 0 Å². The van der Waals surface area contributed by atoms with Crippen LogP contribution in [0.1, 0.15) is 11.6 Å². The lowest BCUT2D eigenvalue weighted by Crippen LogP contribution is -2.34. The van der Waals surface area contributed by atoms with Crippen LogP contribution < -0.4 is 11.2 Å². The molecule has 0 aromatic heterocycles. The fourth-order valence-corrected chi connectivity index (χ4v) is 1.66. The lowest BCUT2D eigenvalue weighted by Gasteiger charge is -2.13. The first-order valence-electron chi connectivity index (χ1n) is 4.54. The highest BCUT2D eigenvalue weighted by Crippen LogP contribution is 2.21. The minimum Gasteiger partial charge on any atom is -0.318 e. The summed E-state index contributed by atoms with van der Waals surface area (Å²) >= 11 is 0. The van der Waals surface area contributed by atoms with Crippen LogP contribution in [0, 0.1) is 0 Å². The third-order valence-electron chi connectivity index (χ3n) is 2.47. The van der Waals surface area contributed by atoms with Gasteiger partial charge in [-0.1, -0.05) is 30.3 Å². The molecule has 2 atom stereocenters. The standard InChI is InChI=1S/C10H13N3O/c1-13-10(14)8(11)9(12-13)7-5-3-2-4-6-7/h2-6,8-9,12H,11H2,1H3. The Morgan fingerprint density at radius 3 is 2.50 bits per heavy atom. The van der Waals surface area contributed by atoms with Gasteiger partial charge in [-0.05, 0) is 5.56 Å². The maximum Gasteiger partial charge on any atom is 0.255 e. The van der Waals surface area contributed by atoms with Crippen molar-refractivity contribution in [2.45, 2.75) is 12.1 Å². The predicted molar refractivity (Wildman–Crippen MR) is 53.1 cm³/mol. The molecule has 1 aliphatic rings. The van der Waals surface area contributed by atoms with Crippen molar-refractivity contribution in [2.75, 3.05) is 7.05 Å². The van der Waals surface area contributed by atoms with Crippen LogP contribution in [0.2, 0.25) is 0 Å². The number of nitrogens with two attached hydrogens (primary N) is 1. The van der Waals surface area contributed by atoms with Crippen LogP contribution in [0.25, 0.3) is 0 Å². The van der Waals surface area contributed by atoms with E-state index >= 15 is 0 Å². The van der Waals surface area contributed by atoms with Crippen LogP contribution in [-0.4, -0.2) is 24.0 Å². The number of rotatable bonds is 1. The van der Waals surface area contributed by atoms with Gasteiger partial charge in [0.1, 0.15) is 6.04 Å². The van der Waals surface area contributed by atoms with Crippen LogP contribution in [-0.2, 0) is 4.79 Å². The molecular weight excluding hydrogens is 178 g/mol. The molecular formula is C10H13N3O. The van der Waals surface area contributed by atoms with Gasteiger partial charge in [-0.2, -0.15) is 0 Å². The summed E-state index contributed by atoms with van der Waals surface area (Å²) in [5, 5.41) is 1.45. The third kappa shape index (κ3) is 1.38. The van der Waals surface area contributed by atoms with Crippen LogP contribution in [0.3, 0.4) is 0 Å². The second kappa shape index (κ2) is 3.40. The van der Waals surface area contributed by atoms with Crippen molar-refractivity contribution >= 4 is 5.91 Å². The number of amides is 1. The highest BCUT2D eigenvalue weighted by molar-refractivity contribution is 5.84. The Hall–Kier alpha value is -1.39. The number of hydrogen-bond acceptors (Lipinski definition) is 3. The van der Waals surface area contributed by atoms with Crippen LogP contribution in [0.5, 0.6) is 0 Å². The second-order valence-corrected chi connectivity index (χ2v) is 3.44. The van der Waals surface area contributed by atoms with Gasteiger partial charge in [0, 0.05) is 7.05 Å². The summed E-state index contributed by atoms with van der Waals surface area (Å²) in [6.07, 6.45) is 0. The third-order valence-corrected chi connectivity index (χ3v) is 2.47. The Balaban J connectivity index is 2.26. The molecule has 1 aliphatic heterocycles. The lowest BCUT2D eigenvalue weighted by molar-refractivity contribution is -0.129. The summed E-state index contributed by atoms with van der Waals surface area (Å²) in [6, 6.07) is 9.15. The van der Waals surface area contributed by atoms with E-state index in [2.05, 4.69) is 5.43 Å². The van der Waals surface area contributed by atoms with E-state index in [1.165, 1.54) is 5.01 Å². The Kier molecular flexibility index (Phi) is 2.23. The van der Waals surface area contributed by atoms with Crippen molar-refractivity contribution < 1.29 is 4.79 Å². The number of benzene rings is 1. The molecule has 0 aliphatic carbocycles. The number of carbonyl (C=O) groups is 1.